The minimum Gasteiger partial charge on any atom is -0.457 e. The first-order chi connectivity index (χ1) is 17.5. The molecule has 1 aliphatic rings. The standard InChI is InChI=1S/C27H27N5O4/c1-35-15-5-8-23(33)31-14-13-18(16-31)22-17-32(25-24(22)27(34)30-29-26(25)28)19-9-11-21(12-10-19)36-20-6-3-2-4-7-20/h2-12,17-18H,13-16H2,1H3,(H2,28,29)(H,30,34)/b8-5+/t18-/m1/s1. The Hall–Kier alpha value is -4.37. The number of amides is 1. The number of nitrogens with one attached hydrogen (secondary N) is 1. The van der Waals surface area contributed by atoms with Gasteiger partial charge in [-0.05, 0) is 48.4 Å². The lowest BCUT2D eigenvalue weighted by molar-refractivity contribution is -0.125. The van der Waals surface area contributed by atoms with Crippen molar-refractivity contribution in [1.29, 1.82) is 0 Å². The molecule has 3 heterocycles. The smallest absolute Gasteiger partial charge is 0.274 e. The monoisotopic (exact) mass is 485 g/mol. The molecule has 0 aliphatic carbocycles. The highest BCUT2D eigenvalue weighted by atomic mass is 16.5. The zero-order valence-corrected chi connectivity index (χ0v) is 19.9. The third-order valence-electron chi connectivity index (χ3n) is 6.34. The number of nitrogen functional groups attached to an aromatic ring is 1. The Kier molecular flexibility index (Phi) is 6.55. The highest BCUT2D eigenvalue weighted by Gasteiger charge is 2.30. The summed E-state index contributed by atoms with van der Waals surface area (Å²) in [5.74, 6) is 1.60. The van der Waals surface area contributed by atoms with Gasteiger partial charge in [0.25, 0.3) is 5.56 Å². The van der Waals surface area contributed by atoms with Crippen LogP contribution < -0.4 is 16.0 Å². The predicted molar refractivity (Wildman–Crippen MR) is 138 cm³/mol. The second-order valence-electron chi connectivity index (χ2n) is 8.65. The summed E-state index contributed by atoms with van der Waals surface area (Å²) in [6.45, 7) is 1.51. The number of fused-ring (bicyclic) bond motifs is 1. The van der Waals surface area contributed by atoms with Gasteiger partial charge in [0.1, 0.15) is 17.0 Å². The molecule has 1 aliphatic heterocycles. The fourth-order valence-electron chi connectivity index (χ4n) is 4.61. The number of H-pyrrole nitrogens is 1. The van der Waals surface area contributed by atoms with Gasteiger partial charge in [0.15, 0.2) is 5.82 Å². The quantitative estimate of drug-likeness (QED) is 0.387. The summed E-state index contributed by atoms with van der Waals surface area (Å²) in [5.41, 5.74) is 8.15. The number of nitrogens with zero attached hydrogens (tertiary/aromatic N) is 3. The Morgan fingerprint density at radius 1 is 1.17 bits per heavy atom. The summed E-state index contributed by atoms with van der Waals surface area (Å²) >= 11 is 0. The van der Waals surface area contributed by atoms with E-state index in [4.69, 9.17) is 15.2 Å². The number of aromatic amines is 1. The lowest BCUT2D eigenvalue weighted by Crippen LogP contribution is -2.26. The molecule has 0 unspecified atom stereocenters. The molecule has 0 spiro atoms. The van der Waals surface area contributed by atoms with Crippen LogP contribution in [0.5, 0.6) is 11.5 Å². The van der Waals surface area contributed by atoms with Gasteiger partial charge in [0.05, 0.1) is 12.0 Å². The Labute approximate surface area is 207 Å². The first-order valence-electron chi connectivity index (χ1n) is 11.7. The van der Waals surface area contributed by atoms with Crippen LogP contribution in [-0.2, 0) is 9.53 Å². The lowest BCUT2D eigenvalue weighted by atomic mass is 9.99. The summed E-state index contributed by atoms with van der Waals surface area (Å²) in [7, 11) is 1.58. The number of benzene rings is 2. The third-order valence-corrected chi connectivity index (χ3v) is 6.34. The van der Waals surface area contributed by atoms with Crippen LogP contribution in [0.25, 0.3) is 16.6 Å². The Bertz CT molecular complexity index is 1460. The van der Waals surface area contributed by atoms with Crippen LogP contribution >= 0.6 is 0 Å². The fourth-order valence-corrected chi connectivity index (χ4v) is 4.61. The largest absolute Gasteiger partial charge is 0.457 e. The molecule has 1 saturated heterocycles. The molecule has 1 atom stereocenters. The van der Waals surface area contributed by atoms with Gasteiger partial charge >= 0.3 is 0 Å². The van der Waals surface area contributed by atoms with Crippen LogP contribution in [0.1, 0.15) is 17.9 Å². The van der Waals surface area contributed by atoms with Gasteiger partial charge < -0.3 is 24.7 Å². The number of para-hydroxylation sites is 1. The summed E-state index contributed by atoms with van der Waals surface area (Å²) in [6, 6.07) is 17.1. The second-order valence-corrected chi connectivity index (χ2v) is 8.65. The van der Waals surface area contributed by atoms with Crippen LogP contribution in [0, 0.1) is 0 Å². The topological polar surface area (TPSA) is 115 Å². The number of nitrogens with two attached hydrogens (primary N) is 1. The van der Waals surface area contributed by atoms with Crippen molar-refractivity contribution >= 4 is 22.6 Å². The Morgan fingerprint density at radius 2 is 1.92 bits per heavy atom. The van der Waals surface area contributed by atoms with Crippen molar-refractivity contribution in [3.8, 4) is 17.2 Å². The number of carbonyl (C=O) groups is 1. The minimum atomic E-state index is -0.304. The van der Waals surface area contributed by atoms with E-state index in [0.29, 0.717) is 36.3 Å². The number of methoxy groups -OCH3 is 1. The van der Waals surface area contributed by atoms with Crippen molar-refractivity contribution in [2.45, 2.75) is 12.3 Å². The molecule has 184 valence electrons. The van der Waals surface area contributed by atoms with Crippen molar-refractivity contribution in [1.82, 2.24) is 19.7 Å². The van der Waals surface area contributed by atoms with E-state index >= 15 is 0 Å². The van der Waals surface area contributed by atoms with Crippen LogP contribution in [0.2, 0.25) is 0 Å². The van der Waals surface area contributed by atoms with E-state index in [1.165, 1.54) is 6.08 Å². The molecule has 5 rings (SSSR count). The lowest BCUT2D eigenvalue weighted by Gasteiger charge is -2.14. The Balaban J connectivity index is 1.47. The first kappa shape index (κ1) is 23.4. The van der Waals surface area contributed by atoms with Crippen molar-refractivity contribution in [3.63, 3.8) is 0 Å². The summed E-state index contributed by atoms with van der Waals surface area (Å²) in [5, 5.41) is 7.01. The molecule has 3 N–H and O–H groups in total. The maximum Gasteiger partial charge on any atom is 0.274 e. The Morgan fingerprint density at radius 3 is 2.67 bits per heavy atom. The number of hydrogen-bond donors (Lipinski definition) is 2. The van der Waals surface area contributed by atoms with Gasteiger partial charge in [-0.1, -0.05) is 24.3 Å². The molecule has 36 heavy (non-hydrogen) atoms. The molecule has 1 fully saturated rings. The van der Waals surface area contributed by atoms with E-state index in [9.17, 15) is 9.59 Å². The number of aromatic nitrogens is 3. The van der Waals surface area contributed by atoms with Crippen LogP contribution in [0.3, 0.4) is 0 Å². The van der Waals surface area contributed by atoms with E-state index in [1.54, 1.807) is 18.1 Å². The molecule has 1 amide bonds. The number of hydrogen-bond acceptors (Lipinski definition) is 6. The summed E-state index contributed by atoms with van der Waals surface area (Å²) < 4.78 is 12.8. The first-order valence-corrected chi connectivity index (χ1v) is 11.7. The molecular formula is C27H27N5O4. The molecule has 0 bridgehead atoms. The van der Waals surface area contributed by atoms with E-state index in [2.05, 4.69) is 10.2 Å². The number of likely N-dealkylation sites (tertiary alicyclic amines) is 1. The molecule has 2 aromatic heterocycles. The van der Waals surface area contributed by atoms with E-state index in [0.717, 1.165) is 23.4 Å². The molecular weight excluding hydrogens is 458 g/mol. The SMILES string of the molecule is COC/C=C/C(=O)N1CC[C@@H](c2cn(-c3ccc(Oc4ccccc4)cc3)c3c(N)n[nH]c(=O)c23)C1. The van der Waals surface area contributed by atoms with Crippen molar-refractivity contribution < 1.29 is 14.3 Å². The van der Waals surface area contributed by atoms with Crippen molar-refractivity contribution in [3.05, 3.63) is 88.9 Å². The highest BCUT2D eigenvalue weighted by molar-refractivity contribution is 5.93. The maximum absolute atomic E-state index is 12.9. The van der Waals surface area contributed by atoms with Gasteiger partial charge in [-0.2, -0.15) is 5.10 Å². The van der Waals surface area contributed by atoms with Gasteiger partial charge in [0, 0.05) is 44.1 Å². The average Bonchev–Trinajstić information content (AvgIpc) is 3.54. The number of rotatable bonds is 7. The fraction of sp³-hybridized carbons (Fsp3) is 0.222. The molecule has 0 radical (unpaired) electrons. The molecule has 9 heteroatoms. The van der Waals surface area contributed by atoms with Crippen LogP contribution in [0.15, 0.2) is 77.7 Å². The molecule has 0 saturated carbocycles. The van der Waals surface area contributed by atoms with Gasteiger partial charge in [-0.25, -0.2) is 5.10 Å². The third kappa shape index (κ3) is 4.60. The van der Waals surface area contributed by atoms with Crippen molar-refractivity contribution in [2.75, 3.05) is 32.5 Å². The summed E-state index contributed by atoms with van der Waals surface area (Å²) in [6.07, 6.45) is 5.91. The zero-order valence-electron chi connectivity index (χ0n) is 19.9. The molecule has 4 aromatic rings. The van der Waals surface area contributed by atoms with Gasteiger partial charge in [-0.3, -0.25) is 9.59 Å². The number of anilines is 1. The minimum absolute atomic E-state index is 0.00267. The predicted octanol–water partition coefficient (Wildman–Crippen LogP) is 3.61. The number of ether oxygens (including phenoxy) is 2. The molecule has 9 nitrogen and oxygen atoms in total. The summed E-state index contributed by atoms with van der Waals surface area (Å²) in [4.78, 5) is 27.2. The van der Waals surface area contributed by atoms with E-state index in [1.807, 2.05) is 65.4 Å². The molecule has 2 aromatic carbocycles. The van der Waals surface area contributed by atoms with Gasteiger partial charge in [-0.15, -0.1) is 0 Å². The van der Waals surface area contributed by atoms with Gasteiger partial charge in [0.2, 0.25) is 5.91 Å². The average molecular weight is 486 g/mol. The van der Waals surface area contributed by atoms with Crippen LogP contribution in [0.4, 0.5) is 5.82 Å². The maximum atomic E-state index is 12.9. The zero-order chi connectivity index (χ0) is 25.1. The highest BCUT2D eigenvalue weighted by Crippen LogP contribution is 2.35. The van der Waals surface area contributed by atoms with E-state index < -0.39 is 0 Å². The van der Waals surface area contributed by atoms with E-state index in [-0.39, 0.29) is 23.2 Å². The second kappa shape index (κ2) is 10.1. The van der Waals surface area contributed by atoms with Crippen molar-refractivity contribution in [2.24, 2.45) is 0 Å². The normalized spacial score (nSPS) is 15.7. The van der Waals surface area contributed by atoms with Crippen LogP contribution in [-0.4, -0.2) is 52.4 Å². The number of carbonyl (C=O) groups excluding carboxylic acids is 1.